The quantitative estimate of drug-likeness (QED) is 0.381. The Labute approximate surface area is 58.6 Å². The zero-order valence-electron chi connectivity index (χ0n) is 4.48. The maximum absolute atomic E-state index is 9.97. The van der Waals surface area contributed by atoms with E-state index in [9.17, 15) is 4.79 Å². The fraction of sp³-hybridized carbons (Fsp3) is 0.750. The molecular weight excluding hydrogens is 169 g/mol. The summed E-state index contributed by atoms with van der Waals surface area (Å²) in [5.41, 5.74) is 0. The van der Waals surface area contributed by atoms with Crippen LogP contribution < -0.4 is 5.32 Å². The minimum Gasteiger partial charge on any atom is -0.366 e. The van der Waals surface area contributed by atoms with Crippen LogP contribution in [0, 0.1) is 0 Å². The van der Waals surface area contributed by atoms with Crippen molar-refractivity contribution in [1.82, 2.24) is 5.32 Å². The van der Waals surface area contributed by atoms with E-state index in [4.69, 9.17) is 7.85 Å². The second-order valence-electron chi connectivity index (χ2n) is 1.33. The number of nitrogens with one attached hydrogen (secondary N) is 1. The van der Waals surface area contributed by atoms with E-state index >= 15 is 0 Å². The van der Waals surface area contributed by atoms with Gasteiger partial charge in [-0.25, -0.2) is 0 Å². The molecule has 0 spiro atoms. The fourth-order valence-electron chi connectivity index (χ4n) is 0.278. The zero-order valence-corrected chi connectivity index (χ0v) is 6.07. The molecule has 0 fully saturated rings. The summed E-state index contributed by atoms with van der Waals surface area (Å²) in [4.78, 5) is 9.97. The minimum atomic E-state index is -0.453. The highest BCUT2D eigenvalue weighted by atomic mass is 79.9. The topological polar surface area (TPSA) is 29.1 Å². The Balaban J connectivity index is 2.82. The lowest BCUT2D eigenvalue weighted by Gasteiger charge is -1.96. The number of carbonyl (C=O) groups is 1. The Morgan fingerprint density at radius 3 is 2.75 bits per heavy atom. The summed E-state index contributed by atoms with van der Waals surface area (Å²) in [7, 11) is 4.77. The monoisotopic (exact) mass is 175 g/mol. The van der Waals surface area contributed by atoms with Crippen LogP contribution in [0.3, 0.4) is 0 Å². The molecule has 0 aromatic carbocycles. The van der Waals surface area contributed by atoms with Gasteiger partial charge in [-0.2, -0.15) is 0 Å². The van der Waals surface area contributed by atoms with E-state index in [2.05, 4.69) is 21.2 Å². The molecule has 1 N–H and O–H groups in total. The molecule has 44 valence electrons. The van der Waals surface area contributed by atoms with E-state index in [0.29, 0.717) is 6.54 Å². The van der Waals surface area contributed by atoms with Gasteiger partial charge >= 0.3 is 0 Å². The molecule has 0 aromatic heterocycles. The van der Waals surface area contributed by atoms with Gasteiger partial charge in [-0.3, -0.25) is 4.79 Å². The van der Waals surface area contributed by atoms with Gasteiger partial charge in [0.05, 0.1) is 0 Å². The van der Waals surface area contributed by atoms with Crippen molar-refractivity contribution in [2.24, 2.45) is 0 Å². The normalized spacial score (nSPS) is 8.62. The van der Waals surface area contributed by atoms with Crippen LogP contribution in [-0.4, -0.2) is 25.5 Å². The van der Waals surface area contributed by atoms with Gasteiger partial charge in [0, 0.05) is 11.9 Å². The first kappa shape index (κ1) is 8.01. The molecule has 0 aliphatic carbocycles. The second-order valence-corrected chi connectivity index (χ2v) is 2.13. The average Bonchev–Trinajstić information content (AvgIpc) is 1.66. The molecule has 2 nitrogen and oxygen atoms in total. The van der Waals surface area contributed by atoms with Crippen LogP contribution in [0.25, 0.3) is 0 Å². The molecule has 0 bridgehead atoms. The van der Waals surface area contributed by atoms with Gasteiger partial charge in [0.25, 0.3) is 0 Å². The SMILES string of the molecule is [B]C(=O)NCCCBr. The highest BCUT2D eigenvalue weighted by Gasteiger charge is 1.86. The number of hydrogen-bond acceptors (Lipinski definition) is 1. The summed E-state index contributed by atoms with van der Waals surface area (Å²) < 4.78 is 0. The minimum absolute atomic E-state index is 0.453. The van der Waals surface area contributed by atoms with E-state index in [1.807, 2.05) is 0 Å². The average molecular weight is 176 g/mol. The number of halogens is 1. The van der Waals surface area contributed by atoms with Gasteiger partial charge in [-0.15, -0.1) is 0 Å². The molecule has 0 saturated carbocycles. The molecule has 0 unspecified atom stereocenters. The molecule has 1 amide bonds. The van der Waals surface area contributed by atoms with Crippen LogP contribution in [0.5, 0.6) is 0 Å². The van der Waals surface area contributed by atoms with Gasteiger partial charge in [0.15, 0.2) is 13.7 Å². The molecular formula is C4H7BBrNO. The fourth-order valence-corrected chi connectivity index (χ4v) is 0.559. The summed E-state index contributed by atoms with van der Waals surface area (Å²) >= 11 is 3.21. The van der Waals surface area contributed by atoms with Gasteiger partial charge in [-0.05, 0) is 6.42 Å². The number of hydrogen-bond donors (Lipinski definition) is 1. The molecule has 8 heavy (non-hydrogen) atoms. The van der Waals surface area contributed by atoms with Gasteiger partial charge in [-0.1, -0.05) is 15.9 Å². The Hall–Kier alpha value is 0.0149. The summed E-state index contributed by atoms with van der Waals surface area (Å²) in [5.74, 6) is -0.453. The molecule has 0 aromatic rings. The summed E-state index contributed by atoms with van der Waals surface area (Å²) in [6.07, 6.45) is 0.920. The van der Waals surface area contributed by atoms with Crippen LogP contribution in [0.4, 0.5) is 4.79 Å². The van der Waals surface area contributed by atoms with Crippen LogP contribution in [0.15, 0.2) is 0 Å². The molecule has 2 radical (unpaired) electrons. The third kappa shape index (κ3) is 6.01. The molecule has 0 atom stereocenters. The summed E-state index contributed by atoms with van der Waals surface area (Å²) in [5, 5.41) is 3.35. The van der Waals surface area contributed by atoms with E-state index < -0.39 is 5.81 Å². The van der Waals surface area contributed by atoms with E-state index in [-0.39, 0.29) is 0 Å². The van der Waals surface area contributed by atoms with Crippen molar-refractivity contribution < 1.29 is 4.79 Å². The van der Waals surface area contributed by atoms with E-state index in [1.165, 1.54) is 0 Å². The van der Waals surface area contributed by atoms with E-state index in [0.717, 1.165) is 11.8 Å². The molecule has 0 heterocycles. The summed E-state index contributed by atoms with van der Waals surface area (Å²) in [6, 6.07) is 0. The van der Waals surface area contributed by atoms with Crippen LogP contribution >= 0.6 is 15.9 Å². The van der Waals surface area contributed by atoms with Crippen molar-refractivity contribution in [2.45, 2.75) is 6.42 Å². The predicted octanol–water partition coefficient (Wildman–Crippen LogP) is 0.650. The molecule has 4 heteroatoms. The van der Waals surface area contributed by atoms with Crippen LogP contribution in [0.2, 0.25) is 0 Å². The van der Waals surface area contributed by atoms with Crippen molar-refractivity contribution in [3.05, 3.63) is 0 Å². The lowest BCUT2D eigenvalue weighted by atomic mass is 10.1. The Bertz CT molecular complexity index is 78.4. The van der Waals surface area contributed by atoms with Crippen LogP contribution in [0.1, 0.15) is 6.42 Å². The van der Waals surface area contributed by atoms with Crippen molar-refractivity contribution >= 4 is 29.6 Å². The highest BCUT2D eigenvalue weighted by molar-refractivity contribution is 9.09. The first-order chi connectivity index (χ1) is 3.77. The lowest BCUT2D eigenvalue weighted by Crippen LogP contribution is -2.22. The molecule has 0 rings (SSSR count). The summed E-state index contributed by atoms with van der Waals surface area (Å²) in [6.45, 7) is 0.653. The van der Waals surface area contributed by atoms with Gasteiger partial charge in [0.2, 0.25) is 0 Å². The number of rotatable bonds is 3. The van der Waals surface area contributed by atoms with E-state index in [1.54, 1.807) is 0 Å². The van der Waals surface area contributed by atoms with Crippen molar-refractivity contribution in [2.75, 3.05) is 11.9 Å². The maximum Gasteiger partial charge on any atom is 0.200 e. The van der Waals surface area contributed by atoms with Crippen molar-refractivity contribution in [3.8, 4) is 0 Å². The number of alkyl halides is 1. The highest BCUT2D eigenvalue weighted by Crippen LogP contribution is 1.83. The molecule has 0 aliphatic heterocycles. The Morgan fingerprint density at radius 2 is 2.38 bits per heavy atom. The molecule has 0 saturated heterocycles. The lowest BCUT2D eigenvalue weighted by molar-refractivity contribution is 0.259. The number of amides is 1. The first-order valence-corrected chi connectivity index (χ1v) is 3.49. The predicted molar refractivity (Wildman–Crippen MR) is 37.6 cm³/mol. The Kier molecular flexibility index (Phi) is 5.17. The smallest absolute Gasteiger partial charge is 0.200 e. The third-order valence-corrected chi connectivity index (χ3v) is 1.17. The third-order valence-electron chi connectivity index (χ3n) is 0.610. The number of carbonyl (C=O) groups excluding carboxylic acids is 1. The van der Waals surface area contributed by atoms with Crippen molar-refractivity contribution in [1.29, 1.82) is 0 Å². The maximum atomic E-state index is 9.97. The Morgan fingerprint density at radius 1 is 1.75 bits per heavy atom. The largest absolute Gasteiger partial charge is 0.366 e. The van der Waals surface area contributed by atoms with Crippen LogP contribution in [-0.2, 0) is 0 Å². The standard InChI is InChI=1S/C4H7BBrNO/c5-4(8)7-3-1-2-6/h1-3H2,(H,7,8). The zero-order chi connectivity index (χ0) is 6.41. The van der Waals surface area contributed by atoms with Crippen molar-refractivity contribution in [3.63, 3.8) is 0 Å². The van der Waals surface area contributed by atoms with Gasteiger partial charge in [0.1, 0.15) is 0 Å². The molecule has 0 aliphatic rings. The first-order valence-electron chi connectivity index (χ1n) is 2.36. The van der Waals surface area contributed by atoms with Gasteiger partial charge < -0.3 is 5.32 Å². The second kappa shape index (κ2) is 5.16.